The summed E-state index contributed by atoms with van der Waals surface area (Å²) in [5, 5.41) is 7.90. The van der Waals surface area contributed by atoms with Crippen molar-refractivity contribution >= 4 is 57.4 Å². The molecule has 18 heteroatoms. The quantitative estimate of drug-likeness (QED) is 0.409. The maximum Gasteiger partial charge on any atom is 0.441 e. The van der Waals surface area contributed by atoms with E-state index in [4.69, 9.17) is 5.11 Å². The van der Waals surface area contributed by atoms with Gasteiger partial charge in [-0.25, -0.2) is 9.18 Å². The van der Waals surface area contributed by atoms with Gasteiger partial charge in [-0.05, 0) is 0 Å². The number of carboxylic acids is 1. The molecule has 3 nitrogen and oxygen atoms in total. The fourth-order valence-corrected chi connectivity index (χ4v) is 1.76. The standard InChI is InChI=1S/C8HF14NO2.K/c9-2(1(24)25,5(14,15)16)6(17,18)23-7(19,20)3(10,11)4(12,13)8(23,21)22;/h(H,24,25);. The summed E-state index contributed by atoms with van der Waals surface area (Å²) >= 11 is 0. The van der Waals surface area contributed by atoms with Crippen LogP contribution in [0.15, 0.2) is 0 Å². The number of hydrogen-bond acceptors (Lipinski definition) is 2. The average molecular weight is 448 g/mol. The first-order valence-electron chi connectivity index (χ1n) is 5.24. The predicted molar refractivity (Wildman–Crippen MR) is 49.9 cm³/mol. The SMILES string of the molecule is O=C(O)C(F)(C(F)(F)F)C(F)(F)N1C(F)(F)C(F)(F)C(F)(F)C1(F)F.[K]. The van der Waals surface area contributed by atoms with E-state index in [1.165, 1.54) is 0 Å². The van der Waals surface area contributed by atoms with Crippen molar-refractivity contribution in [1.29, 1.82) is 0 Å². The molecule has 1 N–H and O–H groups in total. The monoisotopic (exact) mass is 448 g/mol. The Morgan fingerprint density at radius 2 is 1.00 bits per heavy atom. The number of carboxylic acid groups (broad SMARTS) is 1. The van der Waals surface area contributed by atoms with Crippen molar-refractivity contribution in [3.8, 4) is 0 Å². The van der Waals surface area contributed by atoms with Gasteiger partial charge in [0.25, 0.3) is 0 Å². The van der Waals surface area contributed by atoms with E-state index in [1.807, 2.05) is 0 Å². The molecule has 26 heavy (non-hydrogen) atoms. The number of likely N-dealkylation sites (tertiary alicyclic amines) is 1. The first-order valence-corrected chi connectivity index (χ1v) is 5.24. The Hall–Kier alpha value is 0.0864. The van der Waals surface area contributed by atoms with Crippen LogP contribution in [0.2, 0.25) is 0 Å². The van der Waals surface area contributed by atoms with Gasteiger partial charge < -0.3 is 5.11 Å². The number of aliphatic carboxylic acids is 1. The van der Waals surface area contributed by atoms with Gasteiger partial charge in [-0.15, -0.1) is 4.90 Å². The van der Waals surface area contributed by atoms with Crippen LogP contribution < -0.4 is 0 Å². The van der Waals surface area contributed by atoms with Crippen LogP contribution in [0.4, 0.5) is 61.5 Å². The molecule has 0 aromatic carbocycles. The zero-order valence-corrected chi connectivity index (χ0v) is 14.7. The van der Waals surface area contributed by atoms with Gasteiger partial charge in [0.1, 0.15) is 0 Å². The average Bonchev–Trinajstić information content (AvgIpc) is 2.40. The number of halogens is 14. The molecule has 1 atom stereocenters. The molecule has 0 bridgehead atoms. The minimum absolute atomic E-state index is 0. The molecule has 1 aliphatic heterocycles. The van der Waals surface area contributed by atoms with Crippen LogP contribution in [-0.4, -0.2) is 109 Å². The third kappa shape index (κ3) is 2.69. The topological polar surface area (TPSA) is 40.5 Å². The van der Waals surface area contributed by atoms with Gasteiger partial charge >= 0.3 is 47.8 Å². The Morgan fingerprint density at radius 3 is 1.19 bits per heavy atom. The second-order valence-electron chi connectivity index (χ2n) is 4.57. The van der Waals surface area contributed by atoms with Crippen molar-refractivity contribution in [2.75, 3.05) is 0 Å². The predicted octanol–water partition coefficient (Wildman–Crippen LogP) is 3.33. The molecule has 0 amide bonds. The molecular weight excluding hydrogens is 447 g/mol. The summed E-state index contributed by atoms with van der Waals surface area (Å²) in [6, 6.07) is -22.8. The van der Waals surface area contributed by atoms with E-state index in [2.05, 4.69) is 0 Å². The molecule has 0 aromatic rings. The maximum atomic E-state index is 13.4. The summed E-state index contributed by atoms with van der Waals surface area (Å²) in [5.74, 6) is -19.3. The molecule has 1 heterocycles. The largest absolute Gasteiger partial charge is 0.478 e. The fourth-order valence-electron chi connectivity index (χ4n) is 1.76. The Bertz CT molecular complexity index is 562. The van der Waals surface area contributed by atoms with Crippen molar-refractivity contribution < 1.29 is 71.4 Å². The third-order valence-electron chi connectivity index (χ3n) is 3.09. The van der Waals surface area contributed by atoms with Crippen LogP contribution in [0.3, 0.4) is 0 Å². The minimum Gasteiger partial charge on any atom is -0.478 e. The molecule has 0 saturated carbocycles. The molecule has 0 aliphatic carbocycles. The molecule has 1 unspecified atom stereocenters. The van der Waals surface area contributed by atoms with Gasteiger partial charge in [0.2, 0.25) is 0 Å². The van der Waals surface area contributed by atoms with Crippen molar-refractivity contribution in [3.63, 3.8) is 0 Å². The summed E-state index contributed by atoms with van der Waals surface area (Å²) in [6.07, 6.45) is -7.46. The van der Waals surface area contributed by atoms with Gasteiger partial charge in [0.15, 0.2) is 0 Å². The minimum atomic E-state index is -7.80. The molecule has 1 fully saturated rings. The van der Waals surface area contributed by atoms with Crippen LogP contribution in [-0.2, 0) is 4.79 Å². The summed E-state index contributed by atoms with van der Waals surface area (Å²) in [5.41, 5.74) is -7.37. The number of alkyl halides is 14. The smallest absolute Gasteiger partial charge is 0.441 e. The van der Waals surface area contributed by atoms with Crippen molar-refractivity contribution in [2.45, 2.75) is 41.8 Å². The van der Waals surface area contributed by atoms with Crippen LogP contribution >= 0.6 is 0 Å². The van der Waals surface area contributed by atoms with E-state index in [1.54, 1.807) is 0 Å². The fraction of sp³-hybridized carbons (Fsp3) is 0.875. The summed E-state index contributed by atoms with van der Waals surface area (Å²) < 4.78 is 180. The Labute approximate surface area is 174 Å². The van der Waals surface area contributed by atoms with E-state index < -0.39 is 52.7 Å². The second-order valence-corrected chi connectivity index (χ2v) is 4.57. The van der Waals surface area contributed by atoms with E-state index >= 15 is 0 Å². The molecule has 1 aliphatic rings. The zero-order valence-electron chi connectivity index (χ0n) is 11.6. The molecule has 0 aromatic heterocycles. The number of rotatable bonds is 3. The van der Waals surface area contributed by atoms with Crippen LogP contribution in [0.25, 0.3) is 0 Å². The molecule has 1 saturated heterocycles. The van der Waals surface area contributed by atoms with Gasteiger partial charge in [-0.2, -0.15) is 57.1 Å². The van der Waals surface area contributed by atoms with Gasteiger partial charge in [0, 0.05) is 51.4 Å². The normalized spacial score (nSPS) is 26.7. The van der Waals surface area contributed by atoms with Crippen molar-refractivity contribution in [3.05, 3.63) is 0 Å². The molecule has 0 spiro atoms. The van der Waals surface area contributed by atoms with Crippen LogP contribution in [0.1, 0.15) is 0 Å². The summed E-state index contributed by atoms with van der Waals surface area (Å²) in [6.45, 7) is 0. The number of nitrogens with zero attached hydrogens (tertiary/aromatic N) is 1. The van der Waals surface area contributed by atoms with Gasteiger partial charge in [0.05, 0.1) is 0 Å². The molecule has 149 valence electrons. The van der Waals surface area contributed by atoms with E-state index in [9.17, 15) is 66.3 Å². The third-order valence-corrected chi connectivity index (χ3v) is 3.09. The molecular formula is C8HF14KNO2. The van der Waals surface area contributed by atoms with Crippen LogP contribution in [0, 0.1) is 0 Å². The first kappa shape index (κ1) is 26.1. The summed E-state index contributed by atoms with van der Waals surface area (Å²) in [4.78, 5) is 6.07. The van der Waals surface area contributed by atoms with E-state index in [0.717, 1.165) is 0 Å². The number of hydrogen-bond donors (Lipinski definition) is 1. The zero-order chi connectivity index (χ0) is 20.7. The van der Waals surface area contributed by atoms with Gasteiger partial charge in [-0.3, -0.25) is 0 Å². The molecule has 1 rings (SSSR count). The van der Waals surface area contributed by atoms with Crippen molar-refractivity contribution in [2.24, 2.45) is 0 Å². The van der Waals surface area contributed by atoms with Crippen molar-refractivity contribution in [1.82, 2.24) is 4.90 Å². The number of carbonyl (C=O) groups is 1. The second kappa shape index (κ2) is 6.29. The maximum absolute atomic E-state index is 13.4. The van der Waals surface area contributed by atoms with E-state index in [0.29, 0.717) is 0 Å². The molecule has 1 radical (unpaired) electrons. The first-order chi connectivity index (χ1) is 10.6. The Balaban J connectivity index is 0.00000625. The van der Waals surface area contributed by atoms with E-state index in [-0.39, 0.29) is 51.4 Å². The Kier molecular flexibility index (Phi) is 6.32. The van der Waals surface area contributed by atoms with Crippen LogP contribution in [0.5, 0.6) is 0 Å². The summed E-state index contributed by atoms with van der Waals surface area (Å²) in [7, 11) is 0. The van der Waals surface area contributed by atoms with Gasteiger partial charge in [-0.1, -0.05) is 0 Å². The Morgan fingerprint density at radius 1 is 0.731 bits per heavy atom.